The number of para-hydroxylation sites is 2. The molecule has 8 nitrogen and oxygen atoms in total. The Hall–Kier alpha value is -2.58. The summed E-state index contributed by atoms with van der Waals surface area (Å²) in [5.74, 6) is 0.421. The van der Waals surface area contributed by atoms with Crippen LogP contribution in [0.4, 0.5) is 5.69 Å². The van der Waals surface area contributed by atoms with Crippen molar-refractivity contribution in [1.82, 2.24) is 18.9 Å². The molecule has 1 aliphatic carbocycles. The molecule has 2 aromatic heterocycles. The fraction of sp³-hybridized carbons (Fsp3) is 0.542. The van der Waals surface area contributed by atoms with Crippen molar-refractivity contribution in [3.8, 4) is 0 Å². The Labute approximate surface area is 197 Å². The first-order valence-electron chi connectivity index (χ1n) is 11.8. The minimum absolute atomic E-state index is 0.0109. The van der Waals surface area contributed by atoms with E-state index in [4.69, 9.17) is 16.3 Å². The number of nitrogens with zero attached hydrogens (tertiary/aromatic N) is 4. The zero-order valence-corrected chi connectivity index (χ0v) is 19.6. The molecule has 9 heteroatoms. The first-order chi connectivity index (χ1) is 16.0. The topological polar surface area (TPSA) is 83.1 Å². The van der Waals surface area contributed by atoms with Crippen LogP contribution in [0.25, 0.3) is 11.0 Å². The van der Waals surface area contributed by atoms with Gasteiger partial charge in [0, 0.05) is 26.2 Å². The summed E-state index contributed by atoms with van der Waals surface area (Å²) >= 11 is 6.43. The molecule has 0 spiro atoms. The number of hydrogen-bond acceptors (Lipinski definition) is 5. The van der Waals surface area contributed by atoms with Crippen LogP contribution in [0.1, 0.15) is 50.6 Å². The minimum Gasteiger partial charge on any atom is -0.382 e. The normalized spacial score (nSPS) is 23.6. The molecule has 2 fully saturated rings. The first kappa shape index (κ1) is 22.2. The Balaban J connectivity index is 1.28. The number of imidazole rings is 1. The molecular weight excluding hydrogens is 442 g/mol. The summed E-state index contributed by atoms with van der Waals surface area (Å²) in [5, 5.41) is 7.92. The van der Waals surface area contributed by atoms with Crippen molar-refractivity contribution in [2.75, 3.05) is 25.1 Å². The molecule has 33 heavy (non-hydrogen) atoms. The lowest BCUT2D eigenvalue weighted by atomic mass is 9.91. The molecule has 5 rings (SSSR count). The standard InChI is InChI=1S/C24H30ClN5O3/c1-28-20-6-2-3-7-21(20)29(24(28)32)17-8-10-18(11-9-17)30-23(31)22(25)19(14-27-30)26-13-16-5-4-12-33-15-16/h2-3,6-7,14,16-18,26H,4-5,8-13,15H2,1H3/t16-,17?,18?/m1/s1. The highest BCUT2D eigenvalue weighted by atomic mass is 35.5. The van der Waals surface area contributed by atoms with Crippen LogP contribution in [0, 0.1) is 5.92 Å². The lowest BCUT2D eigenvalue weighted by Crippen LogP contribution is -2.33. The van der Waals surface area contributed by atoms with Crippen LogP contribution < -0.4 is 16.6 Å². The van der Waals surface area contributed by atoms with E-state index >= 15 is 0 Å². The van der Waals surface area contributed by atoms with Crippen LogP contribution >= 0.6 is 11.6 Å². The van der Waals surface area contributed by atoms with Gasteiger partial charge >= 0.3 is 5.69 Å². The van der Waals surface area contributed by atoms with Crippen molar-refractivity contribution in [2.24, 2.45) is 13.0 Å². The third-order valence-electron chi connectivity index (χ3n) is 7.15. The molecule has 1 saturated carbocycles. The molecule has 1 saturated heterocycles. The van der Waals surface area contributed by atoms with Gasteiger partial charge in [0.05, 0.1) is 35.6 Å². The molecule has 1 aliphatic heterocycles. The number of benzene rings is 1. The summed E-state index contributed by atoms with van der Waals surface area (Å²) in [5.41, 5.74) is 2.24. The maximum atomic E-state index is 13.0. The third kappa shape index (κ3) is 4.22. The number of aryl methyl sites for hydroxylation is 1. The van der Waals surface area contributed by atoms with Crippen molar-refractivity contribution in [1.29, 1.82) is 0 Å². The van der Waals surface area contributed by atoms with Gasteiger partial charge in [-0.2, -0.15) is 5.10 Å². The SMILES string of the molecule is Cn1c(=O)n(C2CCC(n3ncc(NC[C@H]4CCCOC4)c(Cl)c3=O)CC2)c2ccccc21. The molecule has 3 aromatic rings. The number of ether oxygens (including phenoxy) is 1. The van der Waals surface area contributed by atoms with Crippen LogP contribution in [0.15, 0.2) is 40.1 Å². The van der Waals surface area contributed by atoms with Gasteiger partial charge in [0.2, 0.25) is 0 Å². The van der Waals surface area contributed by atoms with Crippen molar-refractivity contribution in [3.63, 3.8) is 0 Å². The maximum Gasteiger partial charge on any atom is 0.329 e. The lowest BCUT2D eigenvalue weighted by molar-refractivity contribution is 0.0595. The molecule has 0 unspecified atom stereocenters. The third-order valence-corrected chi connectivity index (χ3v) is 7.52. The number of anilines is 1. The van der Waals surface area contributed by atoms with E-state index in [1.165, 1.54) is 4.68 Å². The molecular formula is C24H30ClN5O3. The van der Waals surface area contributed by atoms with Gasteiger partial charge in [-0.15, -0.1) is 0 Å². The number of halogens is 1. The number of fused-ring (bicyclic) bond motifs is 1. The highest BCUT2D eigenvalue weighted by Crippen LogP contribution is 2.35. The van der Waals surface area contributed by atoms with Crippen LogP contribution in [0.2, 0.25) is 5.02 Å². The van der Waals surface area contributed by atoms with E-state index in [9.17, 15) is 9.59 Å². The van der Waals surface area contributed by atoms with Gasteiger partial charge in [-0.05, 0) is 56.6 Å². The highest BCUT2D eigenvalue weighted by molar-refractivity contribution is 6.32. The zero-order valence-electron chi connectivity index (χ0n) is 18.9. The lowest BCUT2D eigenvalue weighted by Gasteiger charge is -2.30. The second kappa shape index (κ2) is 9.35. The van der Waals surface area contributed by atoms with Crippen molar-refractivity contribution in [2.45, 2.75) is 50.6 Å². The maximum absolute atomic E-state index is 13.0. The van der Waals surface area contributed by atoms with Crippen molar-refractivity contribution >= 4 is 28.3 Å². The van der Waals surface area contributed by atoms with E-state index in [0.717, 1.165) is 69.3 Å². The molecule has 1 atom stereocenters. The summed E-state index contributed by atoms with van der Waals surface area (Å²) in [6.07, 6.45) is 7.00. The molecule has 0 amide bonds. The monoisotopic (exact) mass is 471 g/mol. The van der Waals surface area contributed by atoms with E-state index in [0.29, 0.717) is 11.6 Å². The molecule has 176 valence electrons. The predicted molar refractivity (Wildman–Crippen MR) is 129 cm³/mol. The van der Waals surface area contributed by atoms with Crippen LogP contribution in [-0.2, 0) is 11.8 Å². The first-order valence-corrected chi connectivity index (χ1v) is 12.2. The Morgan fingerprint density at radius 1 is 1.09 bits per heavy atom. The average Bonchev–Trinajstić information content (AvgIpc) is 3.11. The van der Waals surface area contributed by atoms with E-state index in [2.05, 4.69) is 10.4 Å². The minimum atomic E-state index is -0.257. The van der Waals surface area contributed by atoms with Gasteiger partial charge < -0.3 is 10.1 Å². The molecule has 3 heterocycles. The number of nitrogens with one attached hydrogen (secondary N) is 1. The van der Waals surface area contributed by atoms with Gasteiger partial charge in [0.15, 0.2) is 0 Å². The van der Waals surface area contributed by atoms with E-state index in [-0.39, 0.29) is 28.4 Å². The Morgan fingerprint density at radius 3 is 2.55 bits per heavy atom. The van der Waals surface area contributed by atoms with Crippen LogP contribution in [-0.4, -0.2) is 38.7 Å². The quantitative estimate of drug-likeness (QED) is 0.612. The molecule has 0 radical (unpaired) electrons. The molecule has 0 bridgehead atoms. The van der Waals surface area contributed by atoms with Gasteiger partial charge in [0.1, 0.15) is 5.02 Å². The number of rotatable bonds is 5. The molecule has 2 aliphatic rings. The van der Waals surface area contributed by atoms with Crippen molar-refractivity contribution in [3.05, 3.63) is 56.3 Å². The predicted octanol–water partition coefficient (Wildman–Crippen LogP) is 3.75. The second-order valence-electron chi connectivity index (χ2n) is 9.25. The average molecular weight is 472 g/mol. The summed E-state index contributed by atoms with van der Waals surface area (Å²) in [4.78, 5) is 25.8. The second-order valence-corrected chi connectivity index (χ2v) is 9.63. The Kier molecular flexibility index (Phi) is 6.29. The largest absolute Gasteiger partial charge is 0.382 e. The molecule has 1 N–H and O–H groups in total. The summed E-state index contributed by atoms with van der Waals surface area (Å²) < 4.78 is 10.7. The van der Waals surface area contributed by atoms with Gasteiger partial charge in [0.25, 0.3) is 5.56 Å². The van der Waals surface area contributed by atoms with E-state index < -0.39 is 0 Å². The summed E-state index contributed by atoms with van der Waals surface area (Å²) in [6.45, 7) is 2.28. The fourth-order valence-electron chi connectivity index (χ4n) is 5.28. The van der Waals surface area contributed by atoms with E-state index in [1.807, 2.05) is 35.9 Å². The zero-order chi connectivity index (χ0) is 22.9. The van der Waals surface area contributed by atoms with Gasteiger partial charge in [-0.1, -0.05) is 23.7 Å². The number of hydrogen-bond donors (Lipinski definition) is 1. The fourth-order valence-corrected chi connectivity index (χ4v) is 5.49. The Bertz CT molecular complexity index is 1250. The summed E-state index contributed by atoms with van der Waals surface area (Å²) in [6, 6.07) is 7.99. The molecule has 1 aromatic carbocycles. The van der Waals surface area contributed by atoms with Crippen LogP contribution in [0.3, 0.4) is 0 Å². The van der Waals surface area contributed by atoms with Gasteiger partial charge in [-0.3, -0.25) is 13.9 Å². The summed E-state index contributed by atoms with van der Waals surface area (Å²) in [7, 11) is 1.81. The van der Waals surface area contributed by atoms with Crippen LogP contribution in [0.5, 0.6) is 0 Å². The smallest absolute Gasteiger partial charge is 0.329 e. The highest BCUT2D eigenvalue weighted by Gasteiger charge is 2.28. The van der Waals surface area contributed by atoms with Crippen molar-refractivity contribution < 1.29 is 4.74 Å². The Morgan fingerprint density at radius 2 is 1.82 bits per heavy atom. The van der Waals surface area contributed by atoms with E-state index in [1.54, 1.807) is 10.8 Å². The van der Waals surface area contributed by atoms with Gasteiger partial charge in [-0.25, -0.2) is 9.48 Å². The number of aromatic nitrogens is 4.